The molecule has 0 bridgehead atoms. The lowest BCUT2D eigenvalue weighted by Gasteiger charge is -2.19. The van der Waals surface area contributed by atoms with Crippen LogP contribution in [0.25, 0.3) is 0 Å². The first-order chi connectivity index (χ1) is 10.4. The van der Waals surface area contributed by atoms with Crippen LogP contribution in [0.1, 0.15) is 18.9 Å². The summed E-state index contributed by atoms with van der Waals surface area (Å²) in [5.74, 6) is -0.299. The summed E-state index contributed by atoms with van der Waals surface area (Å²) >= 11 is 0. The molecule has 1 aromatic carbocycles. The Morgan fingerprint density at radius 1 is 1.18 bits per heavy atom. The number of aromatic nitrogens is 2. The molecular weight excluding hydrogens is 295 g/mol. The van der Waals surface area contributed by atoms with Crippen LogP contribution < -0.4 is 9.64 Å². The summed E-state index contributed by atoms with van der Waals surface area (Å²) in [6, 6.07) is 9.12. The minimum absolute atomic E-state index is 0.144. The van der Waals surface area contributed by atoms with Crippen molar-refractivity contribution in [2.45, 2.75) is 19.5 Å². The van der Waals surface area contributed by atoms with Crippen molar-refractivity contribution in [3.63, 3.8) is 0 Å². The molecule has 0 fully saturated rings. The van der Waals surface area contributed by atoms with Crippen molar-refractivity contribution in [1.29, 1.82) is 0 Å². The number of para-hydroxylation sites is 1. The van der Waals surface area contributed by atoms with Gasteiger partial charge in [0.15, 0.2) is 0 Å². The molecule has 0 atom stereocenters. The summed E-state index contributed by atoms with van der Waals surface area (Å²) in [4.78, 5) is 9.33. The summed E-state index contributed by atoms with van der Waals surface area (Å²) in [5, 5.41) is 0. The normalized spacial score (nSPS) is 11.3. The minimum atomic E-state index is -4.55. The zero-order valence-corrected chi connectivity index (χ0v) is 12.3. The molecule has 2 aromatic rings. The predicted molar refractivity (Wildman–Crippen MR) is 77.3 cm³/mol. The summed E-state index contributed by atoms with van der Waals surface area (Å²) < 4.78 is 44.0. The van der Waals surface area contributed by atoms with Crippen molar-refractivity contribution in [3.05, 3.63) is 42.1 Å². The molecule has 0 spiro atoms. The number of hydrogen-bond acceptors (Lipinski definition) is 4. The molecule has 0 unspecified atom stereocenters. The summed E-state index contributed by atoms with van der Waals surface area (Å²) in [6.07, 6.45) is -3.20. The maximum absolute atomic E-state index is 13.0. The van der Waals surface area contributed by atoms with Crippen molar-refractivity contribution >= 4 is 11.6 Å². The third-order valence-electron chi connectivity index (χ3n) is 2.93. The third kappa shape index (κ3) is 3.66. The number of ether oxygens (including phenoxy) is 1. The predicted octanol–water partition coefficient (Wildman–Crippen LogP) is 4.05. The van der Waals surface area contributed by atoms with Gasteiger partial charge >= 0.3 is 6.18 Å². The molecule has 0 aliphatic carbocycles. The molecule has 0 aliphatic heterocycles. The van der Waals surface area contributed by atoms with E-state index in [0.29, 0.717) is 6.42 Å². The fourth-order valence-electron chi connectivity index (χ4n) is 1.79. The van der Waals surface area contributed by atoms with E-state index >= 15 is 0 Å². The monoisotopic (exact) mass is 311 g/mol. The number of hydrogen-bond donors (Lipinski definition) is 0. The first-order valence-corrected chi connectivity index (χ1v) is 6.79. The molecule has 1 aromatic heterocycles. The van der Waals surface area contributed by atoms with Crippen LogP contribution in [0, 0.1) is 0 Å². The van der Waals surface area contributed by atoms with Gasteiger partial charge < -0.3 is 9.64 Å². The van der Waals surface area contributed by atoms with Crippen LogP contribution in [-0.2, 0) is 6.18 Å². The Morgan fingerprint density at radius 2 is 1.86 bits per heavy atom. The molecule has 0 amide bonds. The van der Waals surface area contributed by atoms with E-state index in [2.05, 4.69) is 9.97 Å². The lowest BCUT2D eigenvalue weighted by Crippen LogP contribution is -2.17. The van der Waals surface area contributed by atoms with Gasteiger partial charge in [0.2, 0.25) is 11.8 Å². The van der Waals surface area contributed by atoms with E-state index < -0.39 is 17.6 Å². The molecule has 2 rings (SSSR count). The van der Waals surface area contributed by atoms with Gasteiger partial charge in [-0.2, -0.15) is 18.2 Å². The highest BCUT2D eigenvalue weighted by Gasteiger charge is 2.36. The highest BCUT2D eigenvalue weighted by atomic mass is 19.4. The zero-order valence-electron chi connectivity index (χ0n) is 12.3. The number of benzene rings is 1. The van der Waals surface area contributed by atoms with Crippen molar-refractivity contribution in [2.75, 3.05) is 18.6 Å². The van der Waals surface area contributed by atoms with E-state index in [-0.39, 0.29) is 12.6 Å². The lowest BCUT2D eigenvalue weighted by atomic mass is 10.3. The molecule has 0 saturated heterocycles. The molecule has 0 radical (unpaired) electrons. The molecule has 22 heavy (non-hydrogen) atoms. The van der Waals surface area contributed by atoms with Crippen molar-refractivity contribution in [1.82, 2.24) is 9.97 Å². The Kier molecular flexibility index (Phi) is 4.85. The maximum Gasteiger partial charge on any atom is 0.423 e. The van der Waals surface area contributed by atoms with Crippen LogP contribution in [0.5, 0.6) is 5.88 Å². The smallest absolute Gasteiger partial charge is 0.423 e. The van der Waals surface area contributed by atoms with E-state index in [1.165, 1.54) is 0 Å². The minimum Gasteiger partial charge on any atom is -0.477 e. The summed E-state index contributed by atoms with van der Waals surface area (Å²) in [7, 11) is 1.68. The standard InChI is InChI=1S/C15H16F3N3O/c1-3-9-22-13-12(15(16,17)18)10-19-14(20-13)21(2)11-7-5-4-6-8-11/h4-8,10H,3,9H2,1-2H3. The van der Waals surface area contributed by atoms with Crippen LogP contribution in [0.2, 0.25) is 0 Å². The van der Waals surface area contributed by atoms with Gasteiger partial charge in [0.25, 0.3) is 0 Å². The molecule has 0 saturated carbocycles. The molecule has 4 nitrogen and oxygen atoms in total. The lowest BCUT2D eigenvalue weighted by molar-refractivity contribution is -0.139. The second-order valence-corrected chi connectivity index (χ2v) is 4.63. The van der Waals surface area contributed by atoms with Crippen LogP contribution in [0.4, 0.5) is 24.8 Å². The number of rotatable bonds is 5. The largest absolute Gasteiger partial charge is 0.477 e. The number of alkyl halides is 3. The van der Waals surface area contributed by atoms with Gasteiger partial charge in [-0.3, -0.25) is 0 Å². The fraction of sp³-hybridized carbons (Fsp3) is 0.333. The van der Waals surface area contributed by atoms with Crippen molar-refractivity contribution < 1.29 is 17.9 Å². The SMILES string of the molecule is CCCOc1nc(N(C)c2ccccc2)ncc1C(F)(F)F. The Hall–Kier alpha value is -2.31. The Bertz CT molecular complexity index is 617. The Labute approximate surface area is 126 Å². The van der Waals surface area contributed by atoms with E-state index in [1.807, 2.05) is 37.3 Å². The zero-order chi connectivity index (χ0) is 16.2. The summed E-state index contributed by atoms with van der Waals surface area (Å²) in [6.45, 7) is 1.97. The first-order valence-electron chi connectivity index (χ1n) is 6.79. The van der Waals surface area contributed by atoms with Gasteiger partial charge in [-0.05, 0) is 18.6 Å². The molecule has 7 heteroatoms. The third-order valence-corrected chi connectivity index (χ3v) is 2.93. The molecule has 1 heterocycles. The Balaban J connectivity index is 2.38. The number of anilines is 2. The molecule has 0 N–H and O–H groups in total. The molecular formula is C15H16F3N3O. The van der Waals surface area contributed by atoms with Crippen LogP contribution in [0.15, 0.2) is 36.5 Å². The van der Waals surface area contributed by atoms with Gasteiger partial charge in [0.1, 0.15) is 5.56 Å². The van der Waals surface area contributed by atoms with Crippen LogP contribution >= 0.6 is 0 Å². The fourth-order valence-corrected chi connectivity index (χ4v) is 1.79. The highest BCUT2D eigenvalue weighted by Crippen LogP contribution is 2.36. The topological polar surface area (TPSA) is 38.2 Å². The van der Waals surface area contributed by atoms with Gasteiger partial charge in [-0.1, -0.05) is 25.1 Å². The van der Waals surface area contributed by atoms with E-state index in [9.17, 15) is 13.2 Å². The van der Waals surface area contributed by atoms with Gasteiger partial charge in [-0.15, -0.1) is 0 Å². The Morgan fingerprint density at radius 3 is 2.45 bits per heavy atom. The molecule has 118 valence electrons. The van der Waals surface area contributed by atoms with Crippen molar-refractivity contribution in [3.8, 4) is 5.88 Å². The second kappa shape index (κ2) is 6.64. The van der Waals surface area contributed by atoms with E-state index in [1.54, 1.807) is 11.9 Å². The van der Waals surface area contributed by atoms with Crippen LogP contribution in [-0.4, -0.2) is 23.6 Å². The highest BCUT2D eigenvalue weighted by molar-refractivity contribution is 5.56. The quantitative estimate of drug-likeness (QED) is 0.835. The number of nitrogens with zero attached hydrogens (tertiary/aromatic N) is 3. The van der Waals surface area contributed by atoms with Crippen LogP contribution in [0.3, 0.4) is 0 Å². The average molecular weight is 311 g/mol. The first kappa shape index (κ1) is 16.1. The summed E-state index contributed by atoms with van der Waals surface area (Å²) in [5.41, 5.74) is -0.199. The van der Waals surface area contributed by atoms with E-state index in [4.69, 9.17) is 4.74 Å². The van der Waals surface area contributed by atoms with E-state index in [0.717, 1.165) is 11.9 Å². The van der Waals surface area contributed by atoms with Gasteiger partial charge in [0, 0.05) is 18.9 Å². The maximum atomic E-state index is 13.0. The second-order valence-electron chi connectivity index (χ2n) is 4.63. The van der Waals surface area contributed by atoms with Crippen molar-refractivity contribution in [2.24, 2.45) is 0 Å². The van der Waals surface area contributed by atoms with Gasteiger partial charge in [-0.25, -0.2) is 4.98 Å². The molecule has 0 aliphatic rings. The number of halogens is 3. The van der Waals surface area contributed by atoms with Gasteiger partial charge in [0.05, 0.1) is 6.61 Å². The average Bonchev–Trinajstić information content (AvgIpc) is 2.51.